The second-order valence-corrected chi connectivity index (χ2v) is 3.07. The fourth-order valence-electron chi connectivity index (χ4n) is 0.636. The van der Waals surface area contributed by atoms with Gasteiger partial charge in [-0.25, -0.2) is 0 Å². The van der Waals surface area contributed by atoms with Crippen molar-refractivity contribution in [2.24, 2.45) is 5.73 Å². The zero-order valence-corrected chi connectivity index (χ0v) is 8.41. The molecule has 2 N–H and O–H groups in total. The van der Waals surface area contributed by atoms with Gasteiger partial charge in [0, 0.05) is 0 Å². The normalized spacial score (nSPS) is 17.6. The van der Waals surface area contributed by atoms with Gasteiger partial charge in [0.05, 0.1) is 6.07 Å². The van der Waals surface area contributed by atoms with E-state index in [0.717, 1.165) is 5.57 Å². The molecule has 0 saturated carbocycles. The lowest BCUT2D eigenvalue weighted by Gasteiger charge is -2.15. The summed E-state index contributed by atoms with van der Waals surface area (Å²) in [6.07, 6.45) is 9.48. The molecule has 0 aromatic rings. The van der Waals surface area contributed by atoms with Crippen LogP contribution in [0.3, 0.4) is 0 Å². The number of hydrogen-bond donors (Lipinski definition) is 1. The predicted molar refractivity (Wildman–Crippen MR) is 55.9 cm³/mol. The molecule has 0 bridgehead atoms. The molecule has 70 valence electrons. The van der Waals surface area contributed by atoms with E-state index in [1.54, 1.807) is 6.92 Å². The lowest BCUT2D eigenvalue weighted by atomic mass is 9.96. The lowest BCUT2D eigenvalue weighted by Crippen LogP contribution is -2.35. The Morgan fingerprint density at radius 1 is 1.38 bits per heavy atom. The van der Waals surface area contributed by atoms with Crippen LogP contribution < -0.4 is 5.73 Å². The Morgan fingerprint density at radius 2 is 2.00 bits per heavy atom. The number of nitriles is 1. The first-order valence-electron chi connectivity index (χ1n) is 4.21. The first kappa shape index (κ1) is 11.7. The van der Waals surface area contributed by atoms with Crippen LogP contribution >= 0.6 is 0 Å². The quantitative estimate of drug-likeness (QED) is 0.671. The first-order valence-corrected chi connectivity index (χ1v) is 4.21. The average Bonchev–Trinajstić information content (AvgIpc) is 2.12. The molecule has 0 heterocycles. The Labute approximate surface area is 80.1 Å². The van der Waals surface area contributed by atoms with Gasteiger partial charge >= 0.3 is 0 Å². The van der Waals surface area contributed by atoms with Gasteiger partial charge in [-0.3, -0.25) is 0 Å². The van der Waals surface area contributed by atoms with Gasteiger partial charge in [-0.2, -0.15) is 5.26 Å². The molecule has 0 amide bonds. The van der Waals surface area contributed by atoms with Crippen LogP contribution in [0.5, 0.6) is 0 Å². The summed E-state index contributed by atoms with van der Waals surface area (Å²) in [6, 6.07) is 2.04. The second kappa shape index (κ2) is 5.34. The third-order valence-corrected chi connectivity index (χ3v) is 1.81. The highest BCUT2D eigenvalue weighted by atomic mass is 14.7. The molecule has 0 aromatic carbocycles. The van der Waals surface area contributed by atoms with Crippen LogP contribution in [-0.4, -0.2) is 5.54 Å². The second-order valence-electron chi connectivity index (χ2n) is 3.07. The maximum absolute atomic E-state index is 8.71. The van der Waals surface area contributed by atoms with Gasteiger partial charge in [-0.05, 0) is 26.3 Å². The van der Waals surface area contributed by atoms with Crippen LogP contribution in [0.25, 0.3) is 0 Å². The molecular weight excluding hydrogens is 160 g/mol. The Balaban J connectivity index is 4.44. The highest BCUT2D eigenvalue weighted by Gasteiger charge is 2.18. The molecule has 2 heteroatoms. The van der Waals surface area contributed by atoms with Gasteiger partial charge in [0.1, 0.15) is 5.54 Å². The van der Waals surface area contributed by atoms with Crippen molar-refractivity contribution in [1.82, 2.24) is 0 Å². The van der Waals surface area contributed by atoms with Crippen molar-refractivity contribution in [2.45, 2.75) is 26.3 Å². The monoisotopic (exact) mass is 176 g/mol. The van der Waals surface area contributed by atoms with E-state index in [2.05, 4.69) is 0 Å². The summed E-state index contributed by atoms with van der Waals surface area (Å²) in [5.41, 5.74) is 5.69. The van der Waals surface area contributed by atoms with Crippen LogP contribution in [0.1, 0.15) is 20.8 Å². The van der Waals surface area contributed by atoms with Crippen LogP contribution in [0, 0.1) is 11.3 Å². The molecule has 0 spiro atoms. The highest BCUT2D eigenvalue weighted by molar-refractivity contribution is 5.29. The standard InChI is InChI=1S/C11H16N2/c1-4-5-6-7-8-10(2)11(3,13)9-12/h4-8H,13H2,1-3H3/b5-4-,7-6-,10-8+. The van der Waals surface area contributed by atoms with E-state index in [1.807, 2.05) is 50.3 Å². The third kappa shape index (κ3) is 4.29. The third-order valence-electron chi connectivity index (χ3n) is 1.81. The van der Waals surface area contributed by atoms with Gasteiger partial charge in [-0.15, -0.1) is 0 Å². The summed E-state index contributed by atoms with van der Waals surface area (Å²) in [5.74, 6) is 0. The number of allylic oxidation sites excluding steroid dienone is 5. The number of nitrogens with two attached hydrogens (primary N) is 1. The maximum atomic E-state index is 8.71. The minimum absolute atomic E-state index is 0.857. The fourth-order valence-corrected chi connectivity index (χ4v) is 0.636. The van der Waals surface area contributed by atoms with Crippen LogP contribution in [0.15, 0.2) is 36.0 Å². The van der Waals surface area contributed by atoms with E-state index in [1.165, 1.54) is 0 Å². The molecule has 0 aliphatic rings. The largest absolute Gasteiger partial charge is 0.310 e. The fraction of sp³-hybridized carbons (Fsp3) is 0.364. The van der Waals surface area contributed by atoms with Gasteiger partial charge in [0.25, 0.3) is 0 Å². The lowest BCUT2D eigenvalue weighted by molar-refractivity contribution is 0.701. The summed E-state index contributed by atoms with van der Waals surface area (Å²) >= 11 is 0. The molecule has 0 rings (SSSR count). The SMILES string of the molecule is C\C=C/C=C\C=C(/C)C(C)(N)C#N. The predicted octanol–water partition coefficient (Wildman–Crippen LogP) is 2.31. The van der Waals surface area contributed by atoms with Crippen molar-refractivity contribution in [2.75, 3.05) is 0 Å². The Morgan fingerprint density at radius 3 is 2.46 bits per heavy atom. The van der Waals surface area contributed by atoms with Crippen molar-refractivity contribution in [1.29, 1.82) is 5.26 Å². The summed E-state index contributed by atoms with van der Waals surface area (Å²) in [4.78, 5) is 0. The molecule has 0 aliphatic carbocycles. The Hall–Kier alpha value is -1.33. The van der Waals surface area contributed by atoms with Crippen LogP contribution in [0.4, 0.5) is 0 Å². The molecule has 0 fully saturated rings. The van der Waals surface area contributed by atoms with E-state index >= 15 is 0 Å². The zero-order chi connectivity index (χ0) is 10.3. The molecular formula is C11H16N2. The highest BCUT2D eigenvalue weighted by Crippen LogP contribution is 2.10. The first-order chi connectivity index (χ1) is 6.04. The maximum Gasteiger partial charge on any atom is 0.122 e. The summed E-state index contributed by atoms with van der Waals surface area (Å²) in [5, 5.41) is 8.71. The summed E-state index contributed by atoms with van der Waals surface area (Å²) in [6.45, 7) is 5.49. The molecule has 0 aliphatic heterocycles. The van der Waals surface area contributed by atoms with Crippen molar-refractivity contribution in [3.05, 3.63) is 36.0 Å². The van der Waals surface area contributed by atoms with Crippen LogP contribution in [-0.2, 0) is 0 Å². The van der Waals surface area contributed by atoms with Crippen molar-refractivity contribution in [3.8, 4) is 6.07 Å². The Kier molecular flexibility index (Phi) is 4.79. The van der Waals surface area contributed by atoms with Gasteiger partial charge in [0.2, 0.25) is 0 Å². The minimum Gasteiger partial charge on any atom is -0.310 e. The van der Waals surface area contributed by atoms with E-state index < -0.39 is 5.54 Å². The van der Waals surface area contributed by atoms with Crippen molar-refractivity contribution < 1.29 is 0 Å². The van der Waals surface area contributed by atoms with Crippen molar-refractivity contribution >= 4 is 0 Å². The average molecular weight is 176 g/mol. The van der Waals surface area contributed by atoms with Gasteiger partial charge in [-0.1, -0.05) is 30.4 Å². The van der Waals surface area contributed by atoms with Gasteiger partial charge < -0.3 is 5.73 Å². The zero-order valence-electron chi connectivity index (χ0n) is 8.41. The Bertz CT molecular complexity index is 275. The smallest absolute Gasteiger partial charge is 0.122 e. The van der Waals surface area contributed by atoms with E-state index in [4.69, 9.17) is 11.0 Å². The van der Waals surface area contributed by atoms with Crippen molar-refractivity contribution in [3.63, 3.8) is 0 Å². The van der Waals surface area contributed by atoms with E-state index in [-0.39, 0.29) is 0 Å². The molecule has 1 unspecified atom stereocenters. The number of rotatable bonds is 3. The molecule has 0 saturated heterocycles. The van der Waals surface area contributed by atoms with Crippen LogP contribution in [0.2, 0.25) is 0 Å². The number of nitrogens with zero attached hydrogens (tertiary/aromatic N) is 1. The summed E-state index contributed by atoms with van der Waals surface area (Å²) < 4.78 is 0. The molecule has 0 aromatic heterocycles. The summed E-state index contributed by atoms with van der Waals surface area (Å²) in [7, 11) is 0. The topological polar surface area (TPSA) is 49.8 Å². The molecule has 1 atom stereocenters. The van der Waals surface area contributed by atoms with E-state index in [9.17, 15) is 0 Å². The molecule has 2 nitrogen and oxygen atoms in total. The minimum atomic E-state index is -0.861. The van der Waals surface area contributed by atoms with Gasteiger partial charge in [0.15, 0.2) is 0 Å². The number of hydrogen-bond acceptors (Lipinski definition) is 2. The molecule has 0 radical (unpaired) electrons. The van der Waals surface area contributed by atoms with E-state index in [0.29, 0.717) is 0 Å². The molecule has 13 heavy (non-hydrogen) atoms.